The molecular formula is C16H22N2O3. The normalized spacial score (nSPS) is 20.7. The van der Waals surface area contributed by atoms with E-state index in [0.29, 0.717) is 0 Å². The molecular weight excluding hydrogens is 268 g/mol. The van der Waals surface area contributed by atoms with Crippen LogP contribution in [0.1, 0.15) is 31.7 Å². The van der Waals surface area contributed by atoms with Crippen molar-refractivity contribution < 1.29 is 14.7 Å². The molecule has 0 radical (unpaired) electrons. The fourth-order valence-electron chi connectivity index (χ4n) is 2.67. The highest BCUT2D eigenvalue weighted by atomic mass is 16.4. The van der Waals surface area contributed by atoms with Gasteiger partial charge in [-0.3, -0.25) is 14.5 Å². The zero-order valence-electron chi connectivity index (χ0n) is 12.3. The van der Waals surface area contributed by atoms with Crippen LogP contribution in [0.5, 0.6) is 0 Å². The second-order valence-corrected chi connectivity index (χ2v) is 5.54. The smallest absolute Gasteiger partial charge is 0.325 e. The molecule has 0 aliphatic carbocycles. The Bertz CT molecular complexity index is 490. The number of benzene rings is 1. The van der Waals surface area contributed by atoms with Crippen molar-refractivity contribution in [2.24, 2.45) is 0 Å². The van der Waals surface area contributed by atoms with Crippen molar-refractivity contribution in [3.8, 4) is 0 Å². The summed E-state index contributed by atoms with van der Waals surface area (Å²) in [5, 5.41) is 11.5. The molecule has 5 nitrogen and oxygen atoms in total. The summed E-state index contributed by atoms with van der Waals surface area (Å²) >= 11 is 0. The highest BCUT2D eigenvalue weighted by Gasteiger charge is 2.30. The molecule has 2 N–H and O–H groups in total. The molecule has 1 aromatic rings. The molecule has 0 bridgehead atoms. The summed E-state index contributed by atoms with van der Waals surface area (Å²) in [6, 6.07) is 8.95. The van der Waals surface area contributed by atoms with Gasteiger partial charge in [-0.05, 0) is 31.9 Å². The molecule has 1 aliphatic heterocycles. The summed E-state index contributed by atoms with van der Waals surface area (Å²) < 4.78 is 0. The Kier molecular flexibility index (Phi) is 5.33. The molecule has 1 amide bonds. The summed E-state index contributed by atoms with van der Waals surface area (Å²) in [4.78, 5) is 25.3. The Morgan fingerprint density at radius 1 is 1.33 bits per heavy atom. The van der Waals surface area contributed by atoms with Crippen molar-refractivity contribution >= 4 is 11.9 Å². The van der Waals surface area contributed by atoms with Crippen LogP contribution in [-0.2, 0) is 16.1 Å². The number of piperidine rings is 1. The van der Waals surface area contributed by atoms with Gasteiger partial charge in [0.1, 0.15) is 6.04 Å². The number of hydrogen-bond donors (Lipinski definition) is 2. The van der Waals surface area contributed by atoms with Gasteiger partial charge in [-0.2, -0.15) is 0 Å². The Labute approximate surface area is 125 Å². The minimum Gasteiger partial charge on any atom is -0.480 e. The second kappa shape index (κ2) is 7.22. The van der Waals surface area contributed by atoms with Gasteiger partial charge in [-0.15, -0.1) is 0 Å². The lowest BCUT2D eigenvalue weighted by Gasteiger charge is -2.35. The Hall–Kier alpha value is -1.88. The molecule has 1 heterocycles. The number of likely N-dealkylation sites (tertiary alicyclic amines) is 1. The Balaban J connectivity index is 2.01. The predicted molar refractivity (Wildman–Crippen MR) is 79.7 cm³/mol. The highest BCUT2D eigenvalue weighted by molar-refractivity contribution is 5.86. The SMILES string of the molecule is C[C@@H](NC(=O)C1CCCCN1Cc1ccccc1)C(=O)O. The van der Waals surface area contributed by atoms with Crippen LogP contribution in [0.4, 0.5) is 0 Å². The average Bonchev–Trinajstić information content (AvgIpc) is 2.48. The molecule has 21 heavy (non-hydrogen) atoms. The maximum atomic E-state index is 12.3. The van der Waals surface area contributed by atoms with Crippen LogP contribution in [0.15, 0.2) is 30.3 Å². The van der Waals surface area contributed by atoms with Crippen molar-refractivity contribution in [1.82, 2.24) is 10.2 Å². The van der Waals surface area contributed by atoms with Crippen LogP contribution < -0.4 is 5.32 Å². The highest BCUT2D eigenvalue weighted by Crippen LogP contribution is 2.20. The largest absolute Gasteiger partial charge is 0.480 e. The molecule has 1 fully saturated rings. The number of carbonyl (C=O) groups is 2. The van der Waals surface area contributed by atoms with Gasteiger partial charge in [0.15, 0.2) is 0 Å². The minimum absolute atomic E-state index is 0.180. The molecule has 2 rings (SSSR count). The molecule has 1 unspecified atom stereocenters. The summed E-state index contributed by atoms with van der Waals surface area (Å²) in [6.07, 6.45) is 2.86. The lowest BCUT2D eigenvalue weighted by Crippen LogP contribution is -2.52. The van der Waals surface area contributed by atoms with E-state index in [2.05, 4.69) is 10.2 Å². The van der Waals surface area contributed by atoms with Crippen molar-refractivity contribution in [3.63, 3.8) is 0 Å². The molecule has 0 aromatic heterocycles. The molecule has 114 valence electrons. The standard InChI is InChI=1S/C16H22N2O3/c1-12(16(20)21)17-15(19)14-9-5-6-10-18(14)11-13-7-3-2-4-8-13/h2-4,7-8,12,14H,5-6,9-11H2,1H3,(H,17,19)(H,20,21)/t12-,14?/m1/s1. The third-order valence-corrected chi connectivity index (χ3v) is 3.87. The topological polar surface area (TPSA) is 69.6 Å². The summed E-state index contributed by atoms with van der Waals surface area (Å²) in [5.41, 5.74) is 1.17. The van der Waals surface area contributed by atoms with E-state index in [4.69, 9.17) is 5.11 Å². The number of aliphatic carboxylic acids is 1. The first kappa shape index (κ1) is 15.5. The van der Waals surface area contributed by atoms with E-state index in [1.54, 1.807) is 0 Å². The van der Waals surface area contributed by atoms with Crippen molar-refractivity contribution in [2.75, 3.05) is 6.54 Å². The van der Waals surface area contributed by atoms with Crippen LogP contribution >= 0.6 is 0 Å². The van der Waals surface area contributed by atoms with Crippen LogP contribution in [0.2, 0.25) is 0 Å². The molecule has 0 spiro atoms. The van der Waals surface area contributed by atoms with E-state index >= 15 is 0 Å². The van der Waals surface area contributed by atoms with E-state index in [1.165, 1.54) is 12.5 Å². The number of carboxylic acids is 1. The zero-order chi connectivity index (χ0) is 15.2. The van der Waals surface area contributed by atoms with Crippen molar-refractivity contribution in [1.29, 1.82) is 0 Å². The van der Waals surface area contributed by atoms with Crippen molar-refractivity contribution in [2.45, 2.75) is 44.8 Å². The number of carbonyl (C=O) groups excluding carboxylic acids is 1. The number of nitrogens with zero attached hydrogens (tertiary/aromatic N) is 1. The van der Waals surface area contributed by atoms with E-state index in [-0.39, 0.29) is 11.9 Å². The Morgan fingerprint density at radius 3 is 2.71 bits per heavy atom. The van der Waals surface area contributed by atoms with Gasteiger partial charge in [0.25, 0.3) is 0 Å². The number of hydrogen-bond acceptors (Lipinski definition) is 3. The first-order valence-corrected chi connectivity index (χ1v) is 7.39. The third kappa shape index (κ3) is 4.29. The second-order valence-electron chi connectivity index (χ2n) is 5.54. The first-order chi connectivity index (χ1) is 10.1. The fraction of sp³-hybridized carbons (Fsp3) is 0.500. The van der Waals surface area contributed by atoms with Gasteiger partial charge in [-0.25, -0.2) is 0 Å². The van der Waals surface area contributed by atoms with Gasteiger partial charge < -0.3 is 10.4 Å². The summed E-state index contributed by atoms with van der Waals surface area (Å²) in [5.74, 6) is -1.19. The molecule has 5 heteroatoms. The van der Waals surface area contributed by atoms with Gasteiger partial charge in [0, 0.05) is 6.54 Å². The van der Waals surface area contributed by atoms with Crippen molar-refractivity contribution in [3.05, 3.63) is 35.9 Å². The van der Waals surface area contributed by atoms with Gasteiger partial charge >= 0.3 is 5.97 Å². The van der Waals surface area contributed by atoms with Crippen LogP contribution in [0.25, 0.3) is 0 Å². The monoisotopic (exact) mass is 290 g/mol. The van der Waals surface area contributed by atoms with Gasteiger partial charge in [0.05, 0.1) is 6.04 Å². The van der Waals surface area contributed by atoms with E-state index in [1.807, 2.05) is 30.3 Å². The van der Waals surface area contributed by atoms with Crippen LogP contribution in [0.3, 0.4) is 0 Å². The molecule has 2 atom stereocenters. The maximum absolute atomic E-state index is 12.3. The Morgan fingerprint density at radius 2 is 2.05 bits per heavy atom. The molecule has 1 aromatic carbocycles. The summed E-state index contributed by atoms with van der Waals surface area (Å²) in [7, 11) is 0. The van der Waals surface area contributed by atoms with Crippen LogP contribution in [0, 0.1) is 0 Å². The fourth-order valence-corrected chi connectivity index (χ4v) is 2.67. The first-order valence-electron chi connectivity index (χ1n) is 7.39. The average molecular weight is 290 g/mol. The molecule has 1 saturated heterocycles. The minimum atomic E-state index is -1.01. The van der Waals surface area contributed by atoms with Crippen LogP contribution in [-0.4, -0.2) is 40.5 Å². The van der Waals surface area contributed by atoms with E-state index in [0.717, 1.165) is 32.4 Å². The zero-order valence-corrected chi connectivity index (χ0v) is 12.3. The lowest BCUT2D eigenvalue weighted by atomic mass is 10.00. The maximum Gasteiger partial charge on any atom is 0.325 e. The summed E-state index contributed by atoms with van der Waals surface area (Å²) in [6.45, 7) is 3.08. The van der Waals surface area contributed by atoms with E-state index in [9.17, 15) is 9.59 Å². The quantitative estimate of drug-likeness (QED) is 0.865. The third-order valence-electron chi connectivity index (χ3n) is 3.87. The lowest BCUT2D eigenvalue weighted by molar-refractivity contribution is -0.142. The number of amides is 1. The number of nitrogens with one attached hydrogen (secondary N) is 1. The molecule has 1 aliphatic rings. The number of carboxylic acid groups (broad SMARTS) is 1. The number of rotatable bonds is 5. The molecule has 0 saturated carbocycles. The van der Waals surface area contributed by atoms with E-state index < -0.39 is 12.0 Å². The predicted octanol–water partition coefficient (Wildman–Crippen LogP) is 1.63. The van der Waals surface area contributed by atoms with Gasteiger partial charge in [-0.1, -0.05) is 36.8 Å². The van der Waals surface area contributed by atoms with Gasteiger partial charge in [0.2, 0.25) is 5.91 Å².